The van der Waals surface area contributed by atoms with Crippen LogP contribution in [0.3, 0.4) is 0 Å². The van der Waals surface area contributed by atoms with Crippen molar-refractivity contribution in [3.8, 4) is 0 Å². The maximum absolute atomic E-state index is 12.7. The van der Waals surface area contributed by atoms with Crippen molar-refractivity contribution in [1.29, 1.82) is 0 Å². The molecule has 0 spiro atoms. The molecular weight excluding hydrogens is 260 g/mol. The highest BCUT2D eigenvalue weighted by atomic mass is 16.2. The molecule has 1 fully saturated rings. The molecule has 3 nitrogen and oxygen atoms in total. The van der Waals surface area contributed by atoms with Crippen LogP contribution in [0.15, 0.2) is 42.6 Å². The molecule has 2 aromatic rings. The molecule has 1 saturated heterocycles. The fraction of sp³-hybridized carbons (Fsp3) is 0.333. The summed E-state index contributed by atoms with van der Waals surface area (Å²) in [6.07, 6.45) is 3.78. The molecule has 3 rings (SSSR count). The molecule has 0 aliphatic carbocycles. The minimum absolute atomic E-state index is 0.0885. The molecule has 1 amide bonds. The lowest BCUT2D eigenvalue weighted by atomic mass is 10.0. The zero-order valence-electron chi connectivity index (χ0n) is 12.5. The Labute approximate surface area is 125 Å². The molecule has 0 radical (unpaired) electrons. The van der Waals surface area contributed by atoms with Crippen molar-refractivity contribution in [2.75, 3.05) is 6.54 Å². The fourth-order valence-corrected chi connectivity index (χ4v) is 2.91. The number of aryl methyl sites for hydroxylation is 2. The van der Waals surface area contributed by atoms with E-state index >= 15 is 0 Å². The van der Waals surface area contributed by atoms with Crippen molar-refractivity contribution in [3.05, 3.63) is 65.0 Å². The number of hydrogen-bond acceptors (Lipinski definition) is 2. The molecule has 1 aromatic heterocycles. The topological polar surface area (TPSA) is 33.2 Å². The van der Waals surface area contributed by atoms with Gasteiger partial charge in [0.25, 0.3) is 5.91 Å². The van der Waals surface area contributed by atoms with Crippen LogP contribution in [0.25, 0.3) is 0 Å². The van der Waals surface area contributed by atoms with Crippen LogP contribution in [-0.2, 0) is 0 Å². The van der Waals surface area contributed by atoms with Crippen LogP contribution < -0.4 is 0 Å². The highest BCUT2D eigenvalue weighted by molar-refractivity contribution is 5.94. The van der Waals surface area contributed by atoms with E-state index in [2.05, 4.69) is 36.2 Å². The Morgan fingerprint density at radius 1 is 1.14 bits per heavy atom. The second kappa shape index (κ2) is 5.68. The van der Waals surface area contributed by atoms with Gasteiger partial charge in [-0.15, -0.1) is 0 Å². The normalized spacial score (nSPS) is 18.0. The summed E-state index contributed by atoms with van der Waals surface area (Å²) in [7, 11) is 0. The third kappa shape index (κ3) is 2.82. The number of nitrogens with zero attached hydrogens (tertiary/aromatic N) is 2. The zero-order chi connectivity index (χ0) is 14.8. The van der Waals surface area contributed by atoms with Gasteiger partial charge in [0, 0.05) is 18.4 Å². The Morgan fingerprint density at radius 3 is 2.57 bits per heavy atom. The van der Waals surface area contributed by atoms with Crippen molar-refractivity contribution in [2.45, 2.75) is 32.7 Å². The number of rotatable bonds is 2. The quantitative estimate of drug-likeness (QED) is 0.841. The first-order valence-electron chi connectivity index (χ1n) is 7.45. The number of benzene rings is 1. The van der Waals surface area contributed by atoms with E-state index in [1.165, 1.54) is 11.1 Å². The van der Waals surface area contributed by atoms with Crippen LogP contribution in [0.1, 0.15) is 46.1 Å². The molecule has 1 aliphatic rings. The van der Waals surface area contributed by atoms with Gasteiger partial charge in [0.15, 0.2) is 0 Å². The Bertz CT molecular complexity index is 631. The van der Waals surface area contributed by atoms with Gasteiger partial charge in [0.05, 0.1) is 11.6 Å². The first-order valence-corrected chi connectivity index (χ1v) is 7.45. The number of carbonyl (C=O) groups excluding carboxylic acids is 1. The summed E-state index contributed by atoms with van der Waals surface area (Å²) >= 11 is 0. The minimum Gasteiger partial charge on any atom is -0.332 e. The molecule has 1 atom stereocenters. The standard InChI is InChI=1S/C18H20N2O/c1-13-5-8-15(9-6-13)17-4-3-11-20(17)18(21)16-10-7-14(2)19-12-16/h5-10,12,17H,3-4,11H2,1-2H3/t17-/m1/s1. The summed E-state index contributed by atoms with van der Waals surface area (Å²) in [5.41, 5.74) is 4.09. The van der Waals surface area contributed by atoms with E-state index in [1.807, 2.05) is 24.0 Å². The average molecular weight is 280 g/mol. The Hall–Kier alpha value is -2.16. The predicted octanol–water partition coefficient (Wildman–Crippen LogP) is 3.68. The van der Waals surface area contributed by atoms with E-state index in [4.69, 9.17) is 0 Å². The second-order valence-electron chi connectivity index (χ2n) is 5.76. The number of likely N-dealkylation sites (tertiary alicyclic amines) is 1. The smallest absolute Gasteiger partial charge is 0.255 e. The lowest BCUT2D eigenvalue weighted by Crippen LogP contribution is -2.30. The Kier molecular flexibility index (Phi) is 3.74. The zero-order valence-corrected chi connectivity index (χ0v) is 12.5. The summed E-state index contributed by atoms with van der Waals surface area (Å²) in [5, 5.41) is 0. The lowest BCUT2D eigenvalue weighted by molar-refractivity contribution is 0.0735. The number of amides is 1. The number of aromatic nitrogens is 1. The molecule has 21 heavy (non-hydrogen) atoms. The van der Waals surface area contributed by atoms with Crippen LogP contribution >= 0.6 is 0 Å². The van der Waals surface area contributed by atoms with Crippen LogP contribution in [0, 0.1) is 13.8 Å². The van der Waals surface area contributed by atoms with Crippen LogP contribution in [0.2, 0.25) is 0 Å². The monoisotopic (exact) mass is 280 g/mol. The van der Waals surface area contributed by atoms with Crippen LogP contribution in [-0.4, -0.2) is 22.3 Å². The van der Waals surface area contributed by atoms with Gasteiger partial charge in [0.2, 0.25) is 0 Å². The van der Waals surface area contributed by atoms with E-state index in [0.29, 0.717) is 5.56 Å². The van der Waals surface area contributed by atoms with E-state index in [0.717, 1.165) is 25.1 Å². The molecule has 2 heterocycles. The molecule has 3 heteroatoms. The Balaban J connectivity index is 1.85. The summed E-state index contributed by atoms with van der Waals surface area (Å²) in [4.78, 5) is 18.9. The van der Waals surface area contributed by atoms with Crippen molar-refractivity contribution in [1.82, 2.24) is 9.88 Å². The molecule has 0 bridgehead atoms. The SMILES string of the molecule is Cc1ccc([C@H]2CCCN2C(=O)c2ccc(C)nc2)cc1. The summed E-state index contributed by atoms with van der Waals surface area (Å²) in [6.45, 7) is 4.84. The number of carbonyl (C=O) groups is 1. The van der Waals surface area contributed by atoms with Crippen molar-refractivity contribution < 1.29 is 4.79 Å². The van der Waals surface area contributed by atoms with Gasteiger partial charge in [-0.1, -0.05) is 29.8 Å². The van der Waals surface area contributed by atoms with E-state index in [9.17, 15) is 4.79 Å². The van der Waals surface area contributed by atoms with Crippen LogP contribution in [0.4, 0.5) is 0 Å². The molecule has 1 aliphatic heterocycles. The molecule has 0 N–H and O–H groups in total. The van der Waals surface area contributed by atoms with E-state index in [-0.39, 0.29) is 11.9 Å². The summed E-state index contributed by atoms with van der Waals surface area (Å²) in [5.74, 6) is 0.0885. The van der Waals surface area contributed by atoms with Gasteiger partial charge in [-0.2, -0.15) is 0 Å². The van der Waals surface area contributed by atoms with Crippen LogP contribution in [0.5, 0.6) is 0 Å². The third-order valence-corrected chi connectivity index (χ3v) is 4.13. The van der Waals surface area contributed by atoms with Crippen molar-refractivity contribution in [3.63, 3.8) is 0 Å². The van der Waals surface area contributed by atoms with Gasteiger partial charge in [0.1, 0.15) is 0 Å². The molecule has 108 valence electrons. The Morgan fingerprint density at radius 2 is 1.90 bits per heavy atom. The van der Waals surface area contributed by atoms with E-state index in [1.54, 1.807) is 6.20 Å². The van der Waals surface area contributed by atoms with Gasteiger partial charge in [-0.25, -0.2) is 0 Å². The molecule has 1 aromatic carbocycles. The number of hydrogen-bond donors (Lipinski definition) is 0. The highest BCUT2D eigenvalue weighted by Gasteiger charge is 2.30. The fourth-order valence-electron chi connectivity index (χ4n) is 2.91. The third-order valence-electron chi connectivity index (χ3n) is 4.13. The van der Waals surface area contributed by atoms with Gasteiger partial charge >= 0.3 is 0 Å². The average Bonchev–Trinajstić information content (AvgIpc) is 2.97. The van der Waals surface area contributed by atoms with Gasteiger partial charge < -0.3 is 4.90 Å². The minimum atomic E-state index is 0.0885. The largest absolute Gasteiger partial charge is 0.332 e. The lowest BCUT2D eigenvalue weighted by Gasteiger charge is -2.25. The van der Waals surface area contributed by atoms with Crippen molar-refractivity contribution >= 4 is 5.91 Å². The summed E-state index contributed by atoms with van der Waals surface area (Å²) < 4.78 is 0. The maximum Gasteiger partial charge on any atom is 0.255 e. The first kappa shape index (κ1) is 13.8. The van der Waals surface area contributed by atoms with E-state index < -0.39 is 0 Å². The highest BCUT2D eigenvalue weighted by Crippen LogP contribution is 2.33. The molecular formula is C18H20N2O. The summed E-state index contributed by atoms with van der Waals surface area (Å²) in [6, 6.07) is 12.5. The molecule has 0 saturated carbocycles. The van der Waals surface area contributed by atoms with Crippen molar-refractivity contribution in [2.24, 2.45) is 0 Å². The number of pyridine rings is 1. The maximum atomic E-state index is 12.7. The second-order valence-corrected chi connectivity index (χ2v) is 5.76. The molecule has 0 unspecified atom stereocenters. The first-order chi connectivity index (χ1) is 10.1. The van der Waals surface area contributed by atoms with Gasteiger partial charge in [-0.3, -0.25) is 9.78 Å². The van der Waals surface area contributed by atoms with Gasteiger partial charge in [-0.05, 0) is 44.4 Å². The predicted molar refractivity (Wildman–Crippen MR) is 83.2 cm³/mol.